The second-order valence-electron chi connectivity index (χ2n) is 4.97. The lowest BCUT2D eigenvalue weighted by Gasteiger charge is -2.30. The van der Waals surface area contributed by atoms with Crippen molar-refractivity contribution in [2.45, 2.75) is 39.3 Å². The molecule has 0 radical (unpaired) electrons. The van der Waals surface area contributed by atoms with Crippen LogP contribution in [0.3, 0.4) is 0 Å². The smallest absolute Gasteiger partial charge is 0.306 e. The summed E-state index contributed by atoms with van der Waals surface area (Å²) in [4.78, 5) is 17.4. The fourth-order valence-electron chi connectivity index (χ4n) is 2.49. The maximum absolute atomic E-state index is 10.9. The largest absolute Gasteiger partial charge is 0.481 e. The molecule has 0 bridgehead atoms. The van der Waals surface area contributed by atoms with E-state index in [2.05, 4.69) is 21.4 Å². The zero-order valence-corrected chi connectivity index (χ0v) is 10.9. The molecular weight excluding hydrogens is 230 g/mol. The van der Waals surface area contributed by atoms with Crippen molar-refractivity contribution in [2.24, 2.45) is 5.92 Å². The Labute approximate surface area is 107 Å². The molecule has 0 aromatic carbocycles. The summed E-state index contributed by atoms with van der Waals surface area (Å²) >= 11 is 0. The molecule has 1 saturated heterocycles. The minimum atomic E-state index is -0.648. The Morgan fingerprint density at radius 3 is 2.83 bits per heavy atom. The lowest BCUT2D eigenvalue weighted by molar-refractivity contribution is -0.143. The van der Waals surface area contributed by atoms with Gasteiger partial charge in [-0.15, -0.1) is 0 Å². The van der Waals surface area contributed by atoms with Crippen molar-refractivity contribution in [2.75, 3.05) is 13.1 Å². The third-order valence-corrected chi connectivity index (χ3v) is 3.59. The molecule has 0 spiro atoms. The minimum Gasteiger partial charge on any atom is -0.481 e. The summed E-state index contributed by atoms with van der Waals surface area (Å²) in [7, 11) is 0. The molecule has 0 saturated carbocycles. The first kappa shape index (κ1) is 13.1. The maximum Gasteiger partial charge on any atom is 0.306 e. The Bertz CT molecular complexity index is 395. The van der Waals surface area contributed by atoms with Gasteiger partial charge in [0.25, 0.3) is 0 Å². The molecule has 1 aliphatic rings. The quantitative estimate of drug-likeness (QED) is 0.863. The zero-order valence-electron chi connectivity index (χ0n) is 10.9. The van der Waals surface area contributed by atoms with Gasteiger partial charge in [-0.1, -0.05) is 6.92 Å². The highest BCUT2D eigenvalue weighted by Gasteiger charge is 2.24. The van der Waals surface area contributed by atoms with Crippen LogP contribution in [0.25, 0.3) is 0 Å². The van der Waals surface area contributed by atoms with E-state index in [1.807, 2.05) is 12.5 Å². The molecule has 1 aromatic heterocycles. The van der Waals surface area contributed by atoms with Gasteiger partial charge in [-0.2, -0.15) is 0 Å². The maximum atomic E-state index is 10.9. The van der Waals surface area contributed by atoms with Gasteiger partial charge in [-0.25, -0.2) is 4.98 Å². The second-order valence-corrected chi connectivity index (χ2v) is 4.97. The highest BCUT2D eigenvalue weighted by atomic mass is 16.4. The van der Waals surface area contributed by atoms with Crippen molar-refractivity contribution in [3.63, 3.8) is 0 Å². The number of carbonyl (C=O) groups is 1. The highest BCUT2D eigenvalue weighted by molar-refractivity contribution is 5.70. The van der Waals surface area contributed by atoms with E-state index in [0.717, 1.165) is 45.4 Å². The Hall–Kier alpha value is -1.36. The topological polar surface area (TPSA) is 58.4 Å². The van der Waals surface area contributed by atoms with Gasteiger partial charge in [0, 0.05) is 19.3 Å². The van der Waals surface area contributed by atoms with Crippen LogP contribution < -0.4 is 0 Å². The average molecular weight is 251 g/mol. The van der Waals surface area contributed by atoms with Crippen molar-refractivity contribution in [3.05, 3.63) is 18.2 Å². The zero-order chi connectivity index (χ0) is 13.0. The number of aromatic nitrogens is 2. The number of hydrogen-bond acceptors (Lipinski definition) is 3. The molecule has 2 rings (SSSR count). The van der Waals surface area contributed by atoms with Gasteiger partial charge < -0.3 is 9.67 Å². The van der Waals surface area contributed by atoms with Crippen LogP contribution >= 0.6 is 0 Å². The van der Waals surface area contributed by atoms with Crippen LogP contribution in [0.1, 0.15) is 31.9 Å². The summed E-state index contributed by atoms with van der Waals surface area (Å²) < 4.78 is 2.18. The van der Waals surface area contributed by atoms with E-state index in [9.17, 15) is 4.79 Å². The highest BCUT2D eigenvalue weighted by Crippen LogP contribution is 2.19. The molecular formula is C13H21N3O2. The number of rotatable bonds is 5. The molecule has 1 N–H and O–H groups in total. The van der Waals surface area contributed by atoms with Gasteiger partial charge in [0.15, 0.2) is 0 Å². The first-order valence-corrected chi connectivity index (χ1v) is 6.65. The standard InChI is InChI=1S/C13H21N3O2/c1-2-5-16-10-14-8-12(16)9-15-6-3-11(4-7-15)13(17)18/h8,10-11H,2-7,9H2,1H3,(H,17,18). The van der Waals surface area contributed by atoms with E-state index in [4.69, 9.17) is 5.11 Å². The summed E-state index contributed by atoms with van der Waals surface area (Å²) in [6.07, 6.45) is 6.42. The predicted octanol–water partition coefficient (Wildman–Crippen LogP) is 1.59. The monoisotopic (exact) mass is 251 g/mol. The SMILES string of the molecule is CCCn1cncc1CN1CCC(C(=O)O)CC1. The lowest BCUT2D eigenvalue weighted by atomic mass is 9.97. The van der Waals surface area contributed by atoms with Crippen LogP contribution in [0.5, 0.6) is 0 Å². The molecule has 100 valence electrons. The van der Waals surface area contributed by atoms with E-state index in [1.165, 1.54) is 5.69 Å². The summed E-state index contributed by atoms with van der Waals surface area (Å²) in [5.41, 5.74) is 1.23. The summed E-state index contributed by atoms with van der Waals surface area (Å²) in [6, 6.07) is 0. The number of piperidine rings is 1. The van der Waals surface area contributed by atoms with Gasteiger partial charge >= 0.3 is 5.97 Å². The molecule has 0 aliphatic carbocycles. The van der Waals surface area contributed by atoms with E-state index >= 15 is 0 Å². The van der Waals surface area contributed by atoms with Gasteiger partial charge in [0.05, 0.1) is 17.9 Å². The fraction of sp³-hybridized carbons (Fsp3) is 0.692. The van der Waals surface area contributed by atoms with Crippen molar-refractivity contribution in [1.82, 2.24) is 14.5 Å². The van der Waals surface area contributed by atoms with Crippen LogP contribution in [0, 0.1) is 5.92 Å². The molecule has 0 unspecified atom stereocenters. The molecule has 0 atom stereocenters. The number of carboxylic acids is 1. The Kier molecular flexibility index (Phi) is 4.36. The third kappa shape index (κ3) is 3.10. The average Bonchev–Trinajstić information content (AvgIpc) is 2.78. The van der Waals surface area contributed by atoms with Crippen LogP contribution in [0.2, 0.25) is 0 Å². The number of hydrogen-bond donors (Lipinski definition) is 1. The Morgan fingerprint density at radius 1 is 1.50 bits per heavy atom. The second kappa shape index (κ2) is 6.00. The van der Waals surface area contributed by atoms with Crippen LogP contribution in [-0.4, -0.2) is 38.6 Å². The molecule has 1 aromatic rings. The van der Waals surface area contributed by atoms with E-state index in [0.29, 0.717) is 0 Å². The Balaban J connectivity index is 1.87. The Morgan fingerprint density at radius 2 is 2.22 bits per heavy atom. The number of nitrogens with zero attached hydrogens (tertiary/aromatic N) is 3. The number of carboxylic acid groups (broad SMARTS) is 1. The molecule has 18 heavy (non-hydrogen) atoms. The van der Waals surface area contributed by atoms with Crippen LogP contribution in [-0.2, 0) is 17.9 Å². The molecule has 5 nitrogen and oxygen atoms in total. The van der Waals surface area contributed by atoms with E-state index in [1.54, 1.807) is 0 Å². The van der Waals surface area contributed by atoms with Crippen molar-refractivity contribution < 1.29 is 9.90 Å². The lowest BCUT2D eigenvalue weighted by Crippen LogP contribution is -2.36. The van der Waals surface area contributed by atoms with Gasteiger partial charge in [-0.05, 0) is 32.4 Å². The summed E-state index contributed by atoms with van der Waals surface area (Å²) in [5.74, 6) is -0.799. The molecule has 2 heterocycles. The molecule has 1 aliphatic heterocycles. The number of likely N-dealkylation sites (tertiary alicyclic amines) is 1. The summed E-state index contributed by atoms with van der Waals surface area (Å²) in [5, 5.41) is 8.96. The predicted molar refractivity (Wildman–Crippen MR) is 68.2 cm³/mol. The van der Waals surface area contributed by atoms with Gasteiger partial charge in [0.2, 0.25) is 0 Å². The third-order valence-electron chi connectivity index (χ3n) is 3.59. The van der Waals surface area contributed by atoms with Crippen molar-refractivity contribution >= 4 is 5.97 Å². The van der Waals surface area contributed by atoms with Crippen LogP contribution in [0.15, 0.2) is 12.5 Å². The van der Waals surface area contributed by atoms with Crippen LogP contribution in [0.4, 0.5) is 0 Å². The first-order valence-electron chi connectivity index (χ1n) is 6.65. The number of aryl methyl sites for hydroxylation is 1. The minimum absolute atomic E-state index is 0.151. The normalized spacial score (nSPS) is 18.1. The molecule has 1 fully saturated rings. The number of aliphatic carboxylic acids is 1. The van der Waals surface area contributed by atoms with E-state index < -0.39 is 5.97 Å². The summed E-state index contributed by atoms with van der Waals surface area (Å²) in [6.45, 7) is 5.78. The van der Waals surface area contributed by atoms with E-state index in [-0.39, 0.29) is 5.92 Å². The molecule has 0 amide bonds. The first-order chi connectivity index (χ1) is 8.70. The fourth-order valence-corrected chi connectivity index (χ4v) is 2.49. The van der Waals surface area contributed by atoms with Crippen molar-refractivity contribution in [1.29, 1.82) is 0 Å². The number of imidazole rings is 1. The molecule has 5 heteroatoms. The van der Waals surface area contributed by atoms with Crippen molar-refractivity contribution in [3.8, 4) is 0 Å². The van der Waals surface area contributed by atoms with Gasteiger partial charge in [-0.3, -0.25) is 9.69 Å². The van der Waals surface area contributed by atoms with Gasteiger partial charge in [0.1, 0.15) is 0 Å².